The van der Waals surface area contributed by atoms with Crippen molar-refractivity contribution in [1.29, 1.82) is 0 Å². The van der Waals surface area contributed by atoms with E-state index in [1.807, 2.05) is 55.5 Å². The molecule has 0 saturated carbocycles. The average molecular weight is 451 g/mol. The molecule has 6 heteroatoms. The van der Waals surface area contributed by atoms with E-state index < -0.39 is 0 Å². The second kappa shape index (κ2) is 8.96. The number of amides is 2. The van der Waals surface area contributed by atoms with Gasteiger partial charge < -0.3 is 5.32 Å². The summed E-state index contributed by atoms with van der Waals surface area (Å²) in [6, 6.07) is 22.0. The summed E-state index contributed by atoms with van der Waals surface area (Å²) in [6.07, 6.45) is 0.542. The molecule has 0 fully saturated rings. The maximum atomic E-state index is 13.3. The minimum absolute atomic E-state index is 0.262. The predicted molar refractivity (Wildman–Crippen MR) is 125 cm³/mol. The smallest absolute Gasteiger partial charge is 0.278 e. The van der Waals surface area contributed by atoms with Crippen LogP contribution in [-0.4, -0.2) is 23.3 Å². The Morgan fingerprint density at radius 1 is 0.839 bits per heavy atom. The zero-order valence-electron chi connectivity index (χ0n) is 16.9. The molecule has 4 nitrogen and oxygen atoms in total. The lowest BCUT2D eigenvalue weighted by molar-refractivity contribution is -0.136. The number of anilines is 1. The van der Waals surface area contributed by atoms with Crippen LogP contribution in [0.4, 0.5) is 5.69 Å². The van der Waals surface area contributed by atoms with Crippen molar-refractivity contribution < 1.29 is 9.59 Å². The molecule has 3 aromatic carbocycles. The number of imide groups is 1. The van der Waals surface area contributed by atoms with E-state index >= 15 is 0 Å². The van der Waals surface area contributed by atoms with Gasteiger partial charge in [-0.1, -0.05) is 71.7 Å². The number of halogens is 2. The fraction of sp³-hybridized carbons (Fsp3) is 0.120. The number of carbonyl (C=O) groups is 2. The number of nitrogens with one attached hydrogen (secondary N) is 1. The highest BCUT2D eigenvalue weighted by Gasteiger charge is 2.39. The van der Waals surface area contributed by atoms with Crippen LogP contribution in [0.2, 0.25) is 10.0 Å². The summed E-state index contributed by atoms with van der Waals surface area (Å²) in [4.78, 5) is 27.9. The van der Waals surface area contributed by atoms with Gasteiger partial charge in [0.15, 0.2) is 0 Å². The van der Waals surface area contributed by atoms with Crippen LogP contribution in [0.3, 0.4) is 0 Å². The van der Waals surface area contributed by atoms with Crippen molar-refractivity contribution in [3.63, 3.8) is 0 Å². The molecule has 1 aliphatic rings. The Hall–Kier alpha value is -3.08. The first-order chi connectivity index (χ1) is 14.9. The third-order valence-corrected chi connectivity index (χ3v) is 5.71. The third kappa shape index (κ3) is 4.50. The Labute approximate surface area is 191 Å². The summed E-state index contributed by atoms with van der Waals surface area (Å²) in [5.41, 5.74) is 3.93. The molecule has 0 spiro atoms. The summed E-state index contributed by atoms with van der Waals surface area (Å²) in [7, 11) is 0. The van der Waals surface area contributed by atoms with Gasteiger partial charge in [-0.2, -0.15) is 0 Å². The van der Waals surface area contributed by atoms with Gasteiger partial charge in [0, 0.05) is 22.3 Å². The van der Waals surface area contributed by atoms with E-state index in [2.05, 4.69) is 5.32 Å². The molecule has 31 heavy (non-hydrogen) atoms. The largest absolute Gasteiger partial charge is 0.350 e. The van der Waals surface area contributed by atoms with Gasteiger partial charge in [-0.3, -0.25) is 14.5 Å². The lowest BCUT2D eigenvalue weighted by Gasteiger charge is -2.16. The van der Waals surface area contributed by atoms with Gasteiger partial charge in [0.25, 0.3) is 11.8 Å². The summed E-state index contributed by atoms with van der Waals surface area (Å²) < 4.78 is 0. The second-order valence-corrected chi connectivity index (χ2v) is 8.21. The van der Waals surface area contributed by atoms with Gasteiger partial charge in [0.1, 0.15) is 5.70 Å². The Morgan fingerprint density at radius 2 is 1.52 bits per heavy atom. The van der Waals surface area contributed by atoms with E-state index in [-0.39, 0.29) is 24.1 Å². The highest BCUT2D eigenvalue weighted by atomic mass is 35.5. The van der Waals surface area contributed by atoms with Gasteiger partial charge in [-0.15, -0.1) is 0 Å². The molecule has 0 aromatic heterocycles. The zero-order valence-corrected chi connectivity index (χ0v) is 18.4. The topological polar surface area (TPSA) is 49.4 Å². The van der Waals surface area contributed by atoms with Crippen LogP contribution in [0.1, 0.15) is 16.7 Å². The molecule has 2 amide bonds. The van der Waals surface area contributed by atoms with E-state index in [0.717, 1.165) is 11.1 Å². The van der Waals surface area contributed by atoms with Gasteiger partial charge in [0.2, 0.25) is 0 Å². The highest BCUT2D eigenvalue weighted by Crippen LogP contribution is 2.32. The van der Waals surface area contributed by atoms with Crippen molar-refractivity contribution >= 4 is 46.3 Å². The molecule has 4 rings (SSSR count). The van der Waals surface area contributed by atoms with Crippen molar-refractivity contribution in [2.24, 2.45) is 0 Å². The average Bonchev–Trinajstić information content (AvgIpc) is 3.00. The lowest BCUT2D eigenvalue weighted by Crippen LogP contribution is -2.34. The Kier molecular flexibility index (Phi) is 6.12. The van der Waals surface area contributed by atoms with Gasteiger partial charge in [-0.05, 0) is 54.3 Å². The summed E-state index contributed by atoms with van der Waals surface area (Å²) in [6.45, 7) is 2.19. The van der Waals surface area contributed by atoms with Crippen LogP contribution in [0, 0.1) is 6.92 Å². The van der Waals surface area contributed by atoms with Crippen molar-refractivity contribution in [3.8, 4) is 0 Å². The van der Waals surface area contributed by atoms with Crippen molar-refractivity contribution in [2.45, 2.75) is 13.3 Å². The molecule has 156 valence electrons. The number of nitrogens with zero attached hydrogens (tertiary/aromatic N) is 1. The van der Waals surface area contributed by atoms with Crippen molar-refractivity contribution in [1.82, 2.24) is 4.90 Å². The number of hydrogen-bond donors (Lipinski definition) is 1. The number of rotatable bonds is 6. The number of aryl methyl sites for hydroxylation is 1. The summed E-state index contributed by atoms with van der Waals surface area (Å²) in [5.74, 6) is -0.662. The monoisotopic (exact) mass is 450 g/mol. The van der Waals surface area contributed by atoms with E-state index in [1.54, 1.807) is 24.3 Å². The van der Waals surface area contributed by atoms with Crippen molar-refractivity contribution in [2.75, 3.05) is 11.9 Å². The Balaban J connectivity index is 1.67. The second-order valence-electron chi connectivity index (χ2n) is 7.34. The quantitative estimate of drug-likeness (QED) is 0.487. The van der Waals surface area contributed by atoms with Gasteiger partial charge >= 0.3 is 0 Å². The fourth-order valence-electron chi connectivity index (χ4n) is 3.52. The maximum absolute atomic E-state index is 13.3. The van der Waals surface area contributed by atoms with Crippen LogP contribution in [0.5, 0.6) is 0 Å². The number of carbonyl (C=O) groups excluding carboxylic acids is 2. The van der Waals surface area contributed by atoms with E-state index in [9.17, 15) is 9.59 Å². The molecule has 0 bridgehead atoms. The number of hydrogen-bond acceptors (Lipinski definition) is 3. The molecule has 1 heterocycles. The van der Waals surface area contributed by atoms with Crippen LogP contribution >= 0.6 is 23.2 Å². The van der Waals surface area contributed by atoms with E-state index in [1.165, 1.54) is 4.90 Å². The predicted octanol–water partition coefficient (Wildman–Crippen LogP) is 5.74. The highest BCUT2D eigenvalue weighted by molar-refractivity contribution is 6.36. The molecule has 0 unspecified atom stereocenters. The molecule has 1 N–H and O–H groups in total. The van der Waals surface area contributed by atoms with E-state index in [0.29, 0.717) is 33.3 Å². The standard InChI is InChI=1S/C25H20Cl2N2O2/c1-16-7-10-20(27)15-21(16)28-23-22(18-5-3-2-4-6-18)24(30)29(25(23)31)14-13-17-8-11-19(26)12-9-17/h2-12,15,28H,13-14H2,1H3. The van der Waals surface area contributed by atoms with Gasteiger partial charge in [0.05, 0.1) is 5.57 Å². The molecule has 3 aromatic rings. The molecule has 1 aliphatic heterocycles. The molecule has 0 saturated heterocycles. The van der Waals surface area contributed by atoms with Crippen LogP contribution in [0.25, 0.3) is 5.57 Å². The Bertz CT molecular complexity index is 1170. The van der Waals surface area contributed by atoms with E-state index in [4.69, 9.17) is 23.2 Å². The first-order valence-corrected chi connectivity index (χ1v) is 10.6. The normalized spacial score (nSPS) is 13.8. The lowest BCUT2D eigenvalue weighted by atomic mass is 10.0. The minimum Gasteiger partial charge on any atom is -0.350 e. The van der Waals surface area contributed by atoms with Gasteiger partial charge in [-0.25, -0.2) is 0 Å². The molecular weight excluding hydrogens is 431 g/mol. The first kappa shape index (κ1) is 21.2. The fourth-order valence-corrected chi connectivity index (χ4v) is 3.82. The van der Waals surface area contributed by atoms with Crippen LogP contribution in [0.15, 0.2) is 78.5 Å². The number of benzene rings is 3. The minimum atomic E-state index is -0.350. The third-order valence-electron chi connectivity index (χ3n) is 5.23. The molecule has 0 radical (unpaired) electrons. The van der Waals surface area contributed by atoms with Crippen molar-refractivity contribution in [3.05, 3.63) is 105 Å². The maximum Gasteiger partial charge on any atom is 0.278 e. The summed E-state index contributed by atoms with van der Waals surface area (Å²) in [5, 5.41) is 4.37. The first-order valence-electron chi connectivity index (χ1n) is 9.87. The molecular formula is C25H20Cl2N2O2. The Morgan fingerprint density at radius 3 is 2.23 bits per heavy atom. The van der Waals surface area contributed by atoms with Crippen LogP contribution < -0.4 is 5.32 Å². The van der Waals surface area contributed by atoms with Crippen LogP contribution in [-0.2, 0) is 16.0 Å². The zero-order chi connectivity index (χ0) is 22.0. The SMILES string of the molecule is Cc1ccc(Cl)cc1NC1=C(c2ccccc2)C(=O)N(CCc2ccc(Cl)cc2)C1=O. The molecule has 0 aliphatic carbocycles. The molecule has 0 atom stereocenters. The summed E-state index contributed by atoms with van der Waals surface area (Å²) >= 11 is 12.1.